The van der Waals surface area contributed by atoms with Crippen LogP contribution in [0.3, 0.4) is 0 Å². The van der Waals surface area contributed by atoms with Crippen LogP contribution >= 0.6 is 0 Å². The van der Waals surface area contributed by atoms with E-state index in [9.17, 15) is 4.79 Å². The fraction of sp³-hybridized carbons (Fsp3) is 0.348. The van der Waals surface area contributed by atoms with Crippen LogP contribution in [0.1, 0.15) is 38.3 Å². The number of para-hydroxylation sites is 1. The van der Waals surface area contributed by atoms with Crippen LogP contribution in [0.4, 0.5) is 0 Å². The van der Waals surface area contributed by atoms with Crippen LogP contribution in [0.2, 0.25) is 0 Å². The molecule has 1 heterocycles. The van der Waals surface area contributed by atoms with Crippen molar-refractivity contribution in [2.75, 3.05) is 0 Å². The predicted octanol–water partition coefficient (Wildman–Crippen LogP) is 4.43. The molecule has 0 saturated heterocycles. The van der Waals surface area contributed by atoms with Gasteiger partial charge in [0.15, 0.2) is 0 Å². The number of hydrogen-bond acceptors (Lipinski definition) is 3. The highest BCUT2D eigenvalue weighted by atomic mass is 16.5. The summed E-state index contributed by atoms with van der Waals surface area (Å²) in [5, 5.41) is 4.52. The van der Waals surface area contributed by atoms with E-state index in [1.165, 1.54) is 0 Å². The molecule has 0 fully saturated rings. The smallest absolute Gasteiger partial charge is 0.251 e. The number of hydrogen-bond donors (Lipinski definition) is 2. The molecule has 0 aliphatic carbocycles. The molecule has 1 unspecified atom stereocenters. The van der Waals surface area contributed by atoms with Crippen molar-refractivity contribution in [1.82, 2.24) is 10.3 Å². The molecule has 0 spiro atoms. The molecule has 0 aliphatic rings. The Morgan fingerprint density at radius 2 is 1.85 bits per heavy atom. The van der Waals surface area contributed by atoms with E-state index in [1.807, 2.05) is 54.6 Å². The Bertz CT molecular complexity index is 932. The van der Waals surface area contributed by atoms with Crippen molar-refractivity contribution in [2.24, 2.45) is 0 Å². The summed E-state index contributed by atoms with van der Waals surface area (Å²) in [5.41, 5.74) is 2.62. The number of benzene rings is 2. The molecular formula is C23H28N2O2. The minimum absolute atomic E-state index is 0.0396. The summed E-state index contributed by atoms with van der Waals surface area (Å²) in [6, 6.07) is 18.6. The van der Waals surface area contributed by atoms with E-state index in [0.29, 0.717) is 24.4 Å². The summed E-state index contributed by atoms with van der Waals surface area (Å²) in [6.45, 7) is 6.87. The second kappa shape index (κ2) is 8.87. The average molecular weight is 364 g/mol. The van der Waals surface area contributed by atoms with E-state index in [2.05, 4.69) is 31.1 Å². The van der Waals surface area contributed by atoms with Crippen molar-refractivity contribution in [3.63, 3.8) is 0 Å². The number of ether oxygens (including phenoxy) is 1. The molecule has 27 heavy (non-hydrogen) atoms. The van der Waals surface area contributed by atoms with Crippen molar-refractivity contribution >= 4 is 10.9 Å². The quantitative estimate of drug-likeness (QED) is 0.622. The van der Waals surface area contributed by atoms with Gasteiger partial charge in [-0.05, 0) is 30.5 Å². The summed E-state index contributed by atoms with van der Waals surface area (Å²) < 4.78 is 5.97. The zero-order valence-corrected chi connectivity index (χ0v) is 16.3. The standard InChI is InChI=1S/C23H28N2O2/c1-4-20(24-16(2)3)14-19-13-18-11-8-12-21(22(18)25-23(19)26)27-15-17-9-6-5-7-10-17/h5-13,16,20,24H,4,14-15H2,1-3H3,(H,25,26). The van der Waals surface area contributed by atoms with Gasteiger partial charge in [-0.1, -0.05) is 63.2 Å². The molecule has 0 radical (unpaired) electrons. The third-order valence-electron chi connectivity index (χ3n) is 4.68. The van der Waals surface area contributed by atoms with Gasteiger partial charge in [0.1, 0.15) is 12.4 Å². The van der Waals surface area contributed by atoms with Crippen LogP contribution in [0.5, 0.6) is 5.75 Å². The molecular weight excluding hydrogens is 336 g/mol. The van der Waals surface area contributed by atoms with Crippen LogP contribution in [0.25, 0.3) is 10.9 Å². The lowest BCUT2D eigenvalue weighted by Crippen LogP contribution is -2.37. The van der Waals surface area contributed by atoms with Gasteiger partial charge in [-0.2, -0.15) is 0 Å². The summed E-state index contributed by atoms with van der Waals surface area (Å²) in [4.78, 5) is 15.7. The van der Waals surface area contributed by atoms with Crippen LogP contribution in [0, 0.1) is 0 Å². The monoisotopic (exact) mass is 364 g/mol. The van der Waals surface area contributed by atoms with E-state index in [0.717, 1.165) is 34.9 Å². The van der Waals surface area contributed by atoms with E-state index in [4.69, 9.17) is 4.74 Å². The Hall–Kier alpha value is -2.59. The van der Waals surface area contributed by atoms with E-state index in [-0.39, 0.29) is 5.56 Å². The second-order valence-corrected chi connectivity index (χ2v) is 7.25. The van der Waals surface area contributed by atoms with Gasteiger partial charge in [0.2, 0.25) is 0 Å². The zero-order valence-electron chi connectivity index (χ0n) is 16.3. The Balaban J connectivity index is 1.84. The van der Waals surface area contributed by atoms with Gasteiger partial charge in [0.25, 0.3) is 5.56 Å². The third-order valence-corrected chi connectivity index (χ3v) is 4.68. The topological polar surface area (TPSA) is 54.1 Å². The fourth-order valence-electron chi connectivity index (χ4n) is 3.31. The maximum atomic E-state index is 12.7. The largest absolute Gasteiger partial charge is 0.487 e. The molecule has 4 nitrogen and oxygen atoms in total. The summed E-state index contributed by atoms with van der Waals surface area (Å²) in [7, 11) is 0. The lowest BCUT2D eigenvalue weighted by Gasteiger charge is -2.19. The SMILES string of the molecule is CCC(Cc1cc2cccc(OCc3ccccc3)c2[nH]c1=O)NC(C)C. The van der Waals surface area contributed by atoms with E-state index >= 15 is 0 Å². The molecule has 1 atom stereocenters. The molecule has 2 N–H and O–H groups in total. The molecule has 1 aromatic heterocycles. The van der Waals surface area contributed by atoms with E-state index in [1.54, 1.807) is 0 Å². The van der Waals surface area contributed by atoms with Gasteiger partial charge >= 0.3 is 0 Å². The highest BCUT2D eigenvalue weighted by Crippen LogP contribution is 2.24. The van der Waals surface area contributed by atoms with Crippen molar-refractivity contribution in [3.8, 4) is 5.75 Å². The zero-order chi connectivity index (χ0) is 19.2. The van der Waals surface area contributed by atoms with Gasteiger partial charge < -0.3 is 15.0 Å². The van der Waals surface area contributed by atoms with Gasteiger partial charge in [-0.15, -0.1) is 0 Å². The van der Waals surface area contributed by atoms with Gasteiger partial charge in [-0.25, -0.2) is 0 Å². The lowest BCUT2D eigenvalue weighted by atomic mass is 10.0. The number of H-pyrrole nitrogens is 1. The Labute approximate surface area is 160 Å². The molecule has 0 amide bonds. The first kappa shape index (κ1) is 19.2. The van der Waals surface area contributed by atoms with Crippen LogP contribution in [0.15, 0.2) is 59.4 Å². The lowest BCUT2D eigenvalue weighted by molar-refractivity contribution is 0.309. The molecule has 3 aromatic rings. The van der Waals surface area contributed by atoms with E-state index < -0.39 is 0 Å². The number of aromatic amines is 1. The molecule has 0 saturated carbocycles. The normalized spacial score (nSPS) is 12.4. The predicted molar refractivity (Wildman–Crippen MR) is 111 cm³/mol. The molecule has 142 valence electrons. The first-order valence-electron chi connectivity index (χ1n) is 9.64. The summed E-state index contributed by atoms with van der Waals surface area (Å²) >= 11 is 0. The number of aromatic nitrogens is 1. The van der Waals surface area contributed by atoms with Crippen LogP contribution in [-0.2, 0) is 13.0 Å². The first-order valence-corrected chi connectivity index (χ1v) is 9.64. The minimum atomic E-state index is -0.0396. The van der Waals surface area contributed by atoms with Crippen LogP contribution in [-0.4, -0.2) is 17.1 Å². The van der Waals surface area contributed by atoms with Crippen LogP contribution < -0.4 is 15.6 Å². The third kappa shape index (κ3) is 4.98. The van der Waals surface area contributed by atoms with Gasteiger partial charge in [0.05, 0.1) is 5.52 Å². The molecule has 4 heteroatoms. The highest BCUT2D eigenvalue weighted by molar-refractivity contribution is 5.84. The average Bonchev–Trinajstić information content (AvgIpc) is 2.67. The summed E-state index contributed by atoms with van der Waals surface area (Å²) in [6.07, 6.45) is 1.70. The number of fused-ring (bicyclic) bond motifs is 1. The molecule has 2 aromatic carbocycles. The minimum Gasteiger partial charge on any atom is -0.487 e. The van der Waals surface area contributed by atoms with Crippen molar-refractivity contribution in [2.45, 2.75) is 52.3 Å². The summed E-state index contributed by atoms with van der Waals surface area (Å²) in [5.74, 6) is 0.701. The number of pyridine rings is 1. The van der Waals surface area contributed by atoms with Gasteiger partial charge in [0, 0.05) is 23.0 Å². The molecule has 3 rings (SSSR count). The highest BCUT2D eigenvalue weighted by Gasteiger charge is 2.13. The number of rotatable bonds is 8. The number of nitrogens with one attached hydrogen (secondary N) is 2. The van der Waals surface area contributed by atoms with Crippen molar-refractivity contribution in [1.29, 1.82) is 0 Å². The Morgan fingerprint density at radius 1 is 1.07 bits per heavy atom. The first-order chi connectivity index (χ1) is 13.1. The maximum Gasteiger partial charge on any atom is 0.251 e. The molecule has 0 bridgehead atoms. The van der Waals surface area contributed by atoms with Crippen molar-refractivity contribution in [3.05, 3.63) is 76.1 Å². The molecule has 0 aliphatic heterocycles. The maximum absolute atomic E-state index is 12.7. The fourth-order valence-corrected chi connectivity index (χ4v) is 3.31. The van der Waals surface area contributed by atoms with Crippen molar-refractivity contribution < 1.29 is 4.74 Å². The Morgan fingerprint density at radius 3 is 2.56 bits per heavy atom. The van der Waals surface area contributed by atoms with Gasteiger partial charge in [-0.3, -0.25) is 4.79 Å². The second-order valence-electron chi connectivity index (χ2n) is 7.25. The Kier molecular flexibility index (Phi) is 6.30.